The molecular formula is C25H21ClN4OS. The van der Waals surface area contributed by atoms with Gasteiger partial charge >= 0.3 is 0 Å². The third-order valence-electron chi connectivity index (χ3n) is 5.72. The Hall–Kier alpha value is -3.22. The molecule has 0 spiro atoms. The standard InChI is InChI=1S/C25H21ClN4OS/c1-16-18(7-4-8-19(16)26)21-10-11-22(31-21)24-23(20-9-2-3-13-28-20)29-25(32)30(24)15-17-6-5-12-27-14-17/h2-14,23-24H,15H2,1H3,(H,29,32)/t23-,24-/m0/s1. The predicted octanol–water partition coefficient (Wildman–Crippen LogP) is 5.87. The van der Waals surface area contributed by atoms with Gasteiger partial charge in [0.05, 0.1) is 11.7 Å². The summed E-state index contributed by atoms with van der Waals surface area (Å²) in [4.78, 5) is 11.0. The molecule has 1 saturated heterocycles. The molecule has 1 aromatic carbocycles. The van der Waals surface area contributed by atoms with E-state index >= 15 is 0 Å². The van der Waals surface area contributed by atoms with Crippen LogP contribution in [-0.4, -0.2) is 20.0 Å². The summed E-state index contributed by atoms with van der Waals surface area (Å²) in [5.74, 6) is 1.59. The highest BCUT2D eigenvalue weighted by atomic mass is 35.5. The molecule has 1 N–H and O–H groups in total. The van der Waals surface area contributed by atoms with Crippen molar-refractivity contribution < 1.29 is 4.42 Å². The minimum atomic E-state index is -0.161. The van der Waals surface area contributed by atoms with Crippen molar-refractivity contribution in [2.45, 2.75) is 25.6 Å². The number of nitrogens with one attached hydrogen (secondary N) is 1. The van der Waals surface area contributed by atoms with Gasteiger partial charge in [-0.3, -0.25) is 9.97 Å². The molecule has 4 aromatic rings. The number of rotatable bonds is 5. The summed E-state index contributed by atoms with van der Waals surface area (Å²) >= 11 is 12.1. The van der Waals surface area contributed by atoms with Crippen molar-refractivity contribution in [3.05, 3.63) is 107 Å². The van der Waals surface area contributed by atoms with Gasteiger partial charge in [-0.05, 0) is 66.7 Å². The normalized spacial score (nSPS) is 18.1. The van der Waals surface area contributed by atoms with Crippen LogP contribution in [0.15, 0.2) is 83.7 Å². The van der Waals surface area contributed by atoms with E-state index in [4.69, 9.17) is 28.2 Å². The van der Waals surface area contributed by atoms with Gasteiger partial charge < -0.3 is 14.6 Å². The molecule has 0 unspecified atom stereocenters. The summed E-state index contributed by atoms with van der Waals surface area (Å²) in [7, 11) is 0. The molecular weight excluding hydrogens is 440 g/mol. The van der Waals surface area contributed by atoms with Crippen molar-refractivity contribution in [1.29, 1.82) is 0 Å². The van der Waals surface area contributed by atoms with E-state index in [2.05, 4.69) is 20.2 Å². The number of hydrogen-bond donors (Lipinski definition) is 1. The molecule has 0 aliphatic carbocycles. The molecule has 7 heteroatoms. The topological polar surface area (TPSA) is 54.2 Å². The monoisotopic (exact) mass is 460 g/mol. The maximum atomic E-state index is 6.41. The van der Waals surface area contributed by atoms with Gasteiger partial charge in [0.2, 0.25) is 0 Å². The molecule has 5 nitrogen and oxygen atoms in total. The lowest BCUT2D eigenvalue weighted by Gasteiger charge is -2.26. The van der Waals surface area contributed by atoms with Gasteiger partial charge in [-0.15, -0.1) is 0 Å². The first kappa shape index (κ1) is 20.7. The van der Waals surface area contributed by atoms with Crippen LogP contribution in [0.2, 0.25) is 5.02 Å². The zero-order valence-corrected chi connectivity index (χ0v) is 19.0. The number of furan rings is 1. The van der Waals surface area contributed by atoms with Crippen LogP contribution >= 0.6 is 23.8 Å². The van der Waals surface area contributed by atoms with Crippen LogP contribution in [0.4, 0.5) is 0 Å². The maximum absolute atomic E-state index is 6.41. The number of hydrogen-bond acceptors (Lipinski definition) is 4. The van der Waals surface area contributed by atoms with Crippen LogP contribution in [0.3, 0.4) is 0 Å². The van der Waals surface area contributed by atoms with Gasteiger partial charge in [0, 0.05) is 35.7 Å². The summed E-state index contributed by atoms with van der Waals surface area (Å²) in [6, 6.07) is 19.4. The Kier molecular flexibility index (Phi) is 5.64. The Balaban J connectivity index is 1.56. The number of halogens is 1. The first-order valence-electron chi connectivity index (χ1n) is 10.3. The number of aromatic nitrogens is 2. The van der Waals surface area contributed by atoms with Crippen molar-refractivity contribution in [2.75, 3.05) is 0 Å². The Morgan fingerprint density at radius 1 is 1.06 bits per heavy atom. The Morgan fingerprint density at radius 3 is 2.75 bits per heavy atom. The summed E-state index contributed by atoms with van der Waals surface area (Å²) in [6.07, 6.45) is 5.42. The second-order valence-corrected chi connectivity index (χ2v) is 8.52. The average molecular weight is 461 g/mol. The lowest BCUT2D eigenvalue weighted by molar-refractivity contribution is 0.269. The van der Waals surface area contributed by atoms with E-state index in [9.17, 15) is 0 Å². The van der Waals surface area contributed by atoms with Gasteiger partial charge in [0.1, 0.15) is 17.6 Å². The number of pyridine rings is 2. The van der Waals surface area contributed by atoms with E-state index in [0.717, 1.165) is 33.9 Å². The van der Waals surface area contributed by atoms with Crippen LogP contribution in [0.25, 0.3) is 11.3 Å². The molecule has 5 rings (SSSR count). The highest BCUT2D eigenvalue weighted by molar-refractivity contribution is 7.80. The van der Waals surface area contributed by atoms with Gasteiger partial charge in [-0.1, -0.05) is 35.9 Å². The highest BCUT2D eigenvalue weighted by Gasteiger charge is 2.41. The molecule has 4 heterocycles. The van der Waals surface area contributed by atoms with E-state index in [1.807, 2.05) is 73.8 Å². The Bertz CT molecular complexity index is 1250. The number of nitrogens with zero attached hydrogens (tertiary/aromatic N) is 3. The molecule has 1 aliphatic rings. The van der Waals surface area contributed by atoms with Gasteiger partial charge in [-0.25, -0.2) is 0 Å². The Labute approximate surface area is 197 Å². The van der Waals surface area contributed by atoms with Crippen LogP contribution < -0.4 is 5.32 Å². The fourth-order valence-electron chi connectivity index (χ4n) is 4.10. The van der Waals surface area contributed by atoms with E-state index in [1.165, 1.54) is 0 Å². The van der Waals surface area contributed by atoms with Crippen molar-refractivity contribution in [3.8, 4) is 11.3 Å². The van der Waals surface area contributed by atoms with Crippen molar-refractivity contribution in [3.63, 3.8) is 0 Å². The maximum Gasteiger partial charge on any atom is 0.170 e. The Morgan fingerprint density at radius 2 is 1.97 bits per heavy atom. The largest absolute Gasteiger partial charge is 0.459 e. The van der Waals surface area contributed by atoms with Crippen LogP contribution in [0.5, 0.6) is 0 Å². The van der Waals surface area contributed by atoms with Crippen molar-refractivity contribution >= 4 is 28.9 Å². The SMILES string of the molecule is Cc1c(Cl)cccc1-c1ccc([C@H]2[C@H](c3ccccn3)NC(=S)N2Cc2cccnc2)o1. The molecule has 1 aliphatic heterocycles. The molecule has 0 bridgehead atoms. The number of benzene rings is 1. The van der Waals surface area contributed by atoms with E-state index in [-0.39, 0.29) is 12.1 Å². The van der Waals surface area contributed by atoms with Crippen molar-refractivity contribution in [2.24, 2.45) is 0 Å². The first-order valence-corrected chi connectivity index (χ1v) is 11.1. The molecule has 0 radical (unpaired) electrons. The summed E-state index contributed by atoms with van der Waals surface area (Å²) in [5, 5.41) is 4.83. The summed E-state index contributed by atoms with van der Waals surface area (Å²) < 4.78 is 6.41. The minimum Gasteiger partial charge on any atom is -0.459 e. The third-order valence-corrected chi connectivity index (χ3v) is 6.49. The second-order valence-electron chi connectivity index (χ2n) is 7.73. The van der Waals surface area contributed by atoms with Crippen LogP contribution in [-0.2, 0) is 6.54 Å². The quantitative estimate of drug-likeness (QED) is 0.376. The van der Waals surface area contributed by atoms with E-state index < -0.39 is 0 Å². The van der Waals surface area contributed by atoms with Crippen LogP contribution in [0, 0.1) is 6.92 Å². The minimum absolute atomic E-state index is 0.139. The highest BCUT2D eigenvalue weighted by Crippen LogP contribution is 2.41. The lowest BCUT2D eigenvalue weighted by Crippen LogP contribution is -2.29. The second kappa shape index (κ2) is 8.73. The van der Waals surface area contributed by atoms with Gasteiger partial charge in [0.15, 0.2) is 5.11 Å². The third kappa shape index (κ3) is 3.87. The molecule has 3 aromatic heterocycles. The molecule has 160 valence electrons. The van der Waals surface area contributed by atoms with E-state index in [1.54, 1.807) is 12.4 Å². The molecule has 1 fully saturated rings. The van der Waals surface area contributed by atoms with Gasteiger partial charge in [0.25, 0.3) is 0 Å². The molecule has 0 saturated carbocycles. The zero-order valence-electron chi connectivity index (χ0n) is 17.4. The van der Waals surface area contributed by atoms with Crippen molar-refractivity contribution in [1.82, 2.24) is 20.2 Å². The average Bonchev–Trinajstić information content (AvgIpc) is 3.42. The fraction of sp³-hybridized carbons (Fsp3) is 0.160. The van der Waals surface area contributed by atoms with E-state index in [0.29, 0.717) is 16.7 Å². The summed E-state index contributed by atoms with van der Waals surface area (Å²) in [5.41, 5.74) is 3.94. The van der Waals surface area contributed by atoms with Gasteiger partial charge in [-0.2, -0.15) is 0 Å². The predicted molar refractivity (Wildman–Crippen MR) is 129 cm³/mol. The lowest BCUT2D eigenvalue weighted by atomic mass is 10.0. The molecule has 2 atom stereocenters. The first-order chi connectivity index (χ1) is 15.6. The smallest absolute Gasteiger partial charge is 0.170 e. The molecule has 32 heavy (non-hydrogen) atoms. The summed E-state index contributed by atoms with van der Waals surface area (Å²) in [6.45, 7) is 2.61. The molecule has 0 amide bonds. The number of thiocarbonyl (C=S) groups is 1. The van der Waals surface area contributed by atoms with Crippen LogP contribution in [0.1, 0.15) is 34.7 Å². The zero-order chi connectivity index (χ0) is 22.1. The fourth-order valence-corrected chi connectivity index (χ4v) is 4.58.